The van der Waals surface area contributed by atoms with E-state index in [1.54, 1.807) is 12.1 Å². The van der Waals surface area contributed by atoms with Gasteiger partial charge in [0.05, 0.1) is 11.3 Å². The van der Waals surface area contributed by atoms with E-state index in [1.807, 2.05) is 19.1 Å². The zero-order chi connectivity index (χ0) is 14.3. The quantitative estimate of drug-likeness (QED) is 0.477. The number of aromatic nitrogens is 2. The number of rotatable bonds is 2. The Morgan fingerprint density at radius 2 is 1.80 bits per heavy atom. The smallest absolute Gasteiger partial charge is 0.231 e. The van der Waals surface area contributed by atoms with Crippen LogP contribution in [0.3, 0.4) is 0 Å². The molecule has 2 heterocycles. The number of hydrogen-bond acceptors (Lipinski definition) is 3. The minimum Gasteiger partial charge on any atom is -0.437 e. The molecule has 0 N–H and O–H groups in total. The van der Waals surface area contributed by atoms with Crippen LogP contribution >= 0.6 is 34.8 Å². The van der Waals surface area contributed by atoms with Crippen LogP contribution in [-0.2, 0) is 5.88 Å². The predicted molar refractivity (Wildman–Crippen MR) is 81.6 cm³/mol. The molecule has 0 saturated carbocycles. The molecule has 1 aromatic carbocycles. The van der Waals surface area contributed by atoms with E-state index < -0.39 is 0 Å². The third-order valence-corrected chi connectivity index (χ3v) is 3.78. The van der Waals surface area contributed by atoms with E-state index in [1.165, 1.54) is 0 Å². The van der Waals surface area contributed by atoms with E-state index in [9.17, 15) is 0 Å². The normalized spacial score (nSPS) is 11.2. The lowest BCUT2D eigenvalue weighted by molar-refractivity contribution is 0.613. The average Bonchev–Trinajstić information content (AvgIpc) is 2.77. The van der Waals surface area contributed by atoms with Crippen molar-refractivity contribution in [3.63, 3.8) is 0 Å². The summed E-state index contributed by atoms with van der Waals surface area (Å²) in [5.74, 6) is 1.34. The van der Waals surface area contributed by atoms with Crippen LogP contribution in [0.4, 0.5) is 0 Å². The van der Waals surface area contributed by atoms with Crippen molar-refractivity contribution in [1.82, 2.24) is 9.97 Å². The summed E-state index contributed by atoms with van der Waals surface area (Å²) in [6.07, 6.45) is 0. The van der Waals surface area contributed by atoms with E-state index in [0.29, 0.717) is 32.9 Å². The Labute approximate surface area is 130 Å². The SMILES string of the molecule is Cc1c(-c2ccc(Cl)cc2)oc2nc(CCl)nc(Cl)c12. The number of halogens is 3. The van der Waals surface area contributed by atoms with Crippen LogP contribution in [0.2, 0.25) is 10.2 Å². The Balaban J connectivity index is 2.25. The van der Waals surface area contributed by atoms with Gasteiger partial charge in [-0.1, -0.05) is 23.2 Å². The second-order valence-corrected chi connectivity index (χ2v) is 5.37. The van der Waals surface area contributed by atoms with Gasteiger partial charge in [-0.3, -0.25) is 0 Å². The van der Waals surface area contributed by atoms with E-state index in [-0.39, 0.29) is 5.88 Å². The first-order chi connectivity index (χ1) is 9.60. The maximum atomic E-state index is 6.18. The summed E-state index contributed by atoms with van der Waals surface area (Å²) in [4.78, 5) is 8.40. The molecular formula is C14H9Cl3N2O. The van der Waals surface area contributed by atoms with Crippen molar-refractivity contribution in [1.29, 1.82) is 0 Å². The predicted octanol–water partition coefficient (Wildman–Crippen LogP) is 5.24. The third kappa shape index (κ3) is 2.26. The molecule has 0 bridgehead atoms. The third-order valence-electron chi connectivity index (χ3n) is 3.02. The lowest BCUT2D eigenvalue weighted by Gasteiger charge is -1.98. The van der Waals surface area contributed by atoms with Gasteiger partial charge in [0.2, 0.25) is 5.71 Å². The fraction of sp³-hybridized carbons (Fsp3) is 0.143. The summed E-state index contributed by atoms with van der Waals surface area (Å²) in [6, 6.07) is 7.38. The molecule has 0 fully saturated rings. The van der Waals surface area contributed by atoms with Crippen LogP contribution in [-0.4, -0.2) is 9.97 Å². The van der Waals surface area contributed by atoms with E-state index in [4.69, 9.17) is 39.2 Å². The Kier molecular flexibility index (Phi) is 3.59. The standard InChI is InChI=1S/C14H9Cl3N2O/c1-7-11-13(17)18-10(6-15)19-14(11)20-12(7)8-2-4-9(16)5-3-8/h2-5H,6H2,1H3. The topological polar surface area (TPSA) is 38.9 Å². The fourth-order valence-electron chi connectivity index (χ4n) is 2.07. The minimum absolute atomic E-state index is 0.186. The van der Waals surface area contributed by atoms with E-state index >= 15 is 0 Å². The molecule has 0 atom stereocenters. The zero-order valence-electron chi connectivity index (χ0n) is 10.5. The summed E-state index contributed by atoms with van der Waals surface area (Å²) in [7, 11) is 0. The Hall–Kier alpha value is -1.29. The molecule has 0 amide bonds. The minimum atomic E-state index is 0.186. The van der Waals surface area contributed by atoms with Crippen molar-refractivity contribution < 1.29 is 4.42 Å². The molecule has 0 unspecified atom stereocenters. The number of hydrogen-bond donors (Lipinski definition) is 0. The molecular weight excluding hydrogens is 319 g/mol. The zero-order valence-corrected chi connectivity index (χ0v) is 12.7. The highest BCUT2D eigenvalue weighted by Crippen LogP contribution is 2.35. The summed E-state index contributed by atoms with van der Waals surface area (Å²) in [5.41, 5.74) is 2.25. The van der Waals surface area contributed by atoms with Gasteiger partial charge in [-0.2, -0.15) is 4.98 Å². The number of aryl methyl sites for hydroxylation is 1. The number of fused-ring (bicyclic) bond motifs is 1. The average molecular weight is 328 g/mol. The molecule has 0 saturated heterocycles. The number of benzene rings is 1. The molecule has 0 aliphatic carbocycles. The van der Waals surface area contributed by atoms with Crippen molar-refractivity contribution in [3.8, 4) is 11.3 Å². The number of furan rings is 1. The summed E-state index contributed by atoms with van der Waals surface area (Å²) in [5, 5.41) is 1.74. The summed E-state index contributed by atoms with van der Waals surface area (Å²) < 4.78 is 5.81. The highest BCUT2D eigenvalue weighted by molar-refractivity contribution is 6.34. The molecule has 0 radical (unpaired) electrons. The molecule has 102 valence electrons. The van der Waals surface area contributed by atoms with Gasteiger partial charge in [0.1, 0.15) is 16.7 Å². The molecule has 0 aliphatic rings. The fourth-order valence-corrected chi connectivity index (χ4v) is 2.63. The number of alkyl halides is 1. The van der Waals surface area contributed by atoms with Crippen LogP contribution in [0.25, 0.3) is 22.4 Å². The molecule has 0 spiro atoms. The van der Waals surface area contributed by atoms with Gasteiger partial charge in [0.25, 0.3) is 0 Å². The van der Waals surface area contributed by atoms with Crippen LogP contribution in [0, 0.1) is 6.92 Å². The number of nitrogens with zero attached hydrogens (tertiary/aromatic N) is 2. The Morgan fingerprint density at radius 3 is 2.45 bits per heavy atom. The largest absolute Gasteiger partial charge is 0.437 e. The highest BCUT2D eigenvalue weighted by Gasteiger charge is 2.18. The first-order valence-corrected chi connectivity index (χ1v) is 7.16. The van der Waals surface area contributed by atoms with Gasteiger partial charge < -0.3 is 4.42 Å². The maximum Gasteiger partial charge on any atom is 0.231 e. The van der Waals surface area contributed by atoms with Crippen molar-refractivity contribution in [3.05, 3.63) is 45.8 Å². The van der Waals surface area contributed by atoms with Crippen LogP contribution < -0.4 is 0 Å². The van der Waals surface area contributed by atoms with Crippen molar-refractivity contribution in [2.75, 3.05) is 0 Å². The van der Waals surface area contributed by atoms with Gasteiger partial charge >= 0.3 is 0 Å². The van der Waals surface area contributed by atoms with E-state index in [0.717, 1.165) is 11.1 Å². The van der Waals surface area contributed by atoms with Crippen molar-refractivity contribution >= 4 is 45.9 Å². The lowest BCUT2D eigenvalue weighted by Crippen LogP contribution is -1.91. The molecule has 20 heavy (non-hydrogen) atoms. The van der Waals surface area contributed by atoms with Gasteiger partial charge in [0.15, 0.2) is 0 Å². The first kappa shape index (κ1) is 13.7. The molecule has 2 aromatic heterocycles. The highest BCUT2D eigenvalue weighted by atomic mass is 35.5. The van der Waals surface area contributed by atoms with Crippen LogP contribution in [0.15, 0.2) is 28.7 Å². The molecule has 0 aliphatic heterocycles. The van der Waals surface area contributed by atoms with Gasteiger partial charge in [-0.05, 0) is 31.2 Å². The molecule has 3 nitrogen and oxygen atoms in total. The van der Waals surface area contributed by atoms with Gasteiger partial charge in [0, 0.05) is 16.1 Å². The van der Waals surface area contributed by atoms with Crippen molar-refractivity contribution in [2.45, 2.75) is 12.8 Å². The van der Waals surface area contributed by atoms with Crippen LogP contribution in [0.1, 0.15) is 11.4 Å². The van der Waals surface area contributed by atoms with Crippen molar-refractivity contribution in [2.24, 2.45) is 0 Å². The Morgan fingerprint density at radius 1 is 1.10 bits per heavy atom. The monoisotopic (exact) mass is 326 g/mol. The second-order valence-electron chi connectivity index (χ2n) is 4.31. The molecule has 3 rings (SSSR count). The summed E-state index contributed by atoms with van der Waals surface area (Å²) in [6.45, 7) is 1.92. The second kappa shape index (κ2) is 5.24. The summed E-state index contributed by atoms with van der Waals surface area (Å²) >= 11 is 17.8. The van der Waals surface area contributed by atoms with Gasteiger partial charge in [-0.25, -0.2) is 4.98 Å². The molecule has 3 aromatic rings. The van der Waals surface area contributed by atoms with Gasteiger partial charge in [-0.15, -0.1) is 11.6 Å². The first-order valence-electron chi connectivity index (χ1n) is 5.87. The molecule has 6 heteroatoms. The van der Waals surface area contributed by atoms with Crippen LogP contribution in [0.5, 0.6) is 0 Å². The Bertz CT molecular complexity index is 781. The maximum absolute atomic E-state index is 6.18. The van der Waals surface area contributed by atoms with E-state index in [2.05, 4.69) is 9.97 Å². The lowest BCUT2D eigenvalue weighted by atomic mass is 10.1.